The number of fused-ring (bicyclic) bond motifs is 6. The van der Waals surface area contributed by atoms with E-state index in [4.69, 9.17) is 0 Å². The summed E-state index contributed by atoms with van der Waals surface area (Å²) in [4.78, 5) is 0. The average molecular weight is 323 g/mol. The Bertz CT molecular complexity index is 1250. The van der Waals surface area contributed by atoms with Gasteiger partial charge in [-0.2, -0.15) is 0 Å². The van der Waals surface area contributed by atoms with Crippen LogP contribution in [0.15, 0.2) is 66.7 Å². The molecule has 0 unspecified atom stereocenters. The molecule has 0 saturated heterocycles. The Morgan fingerprint density at radius 3 is 2.20 bits per heavy atom. The molecule has 3 nitrogen and oxygen atoms in total. The van der Waals surface area contributed by atoms with Crippen molar-refractivity contribution in [3.05, 3.63) is 77.9 Å². The maximum atomic E-state index is 4.55. The van der Waals surface area contributed by atoms with Crippen molar-refractivity contribution in [3.63, 3.8) is 0 Å². The molecular formula is C22H17N3. The summed E-state index contributed by atoms with van der Waals surface area (Å²) in [6.45, 7) is 4.25. The molecule has 5 aromatic rings. The molecule has 25 heavy (non-hydrogen) atoms. The molecule has 120 valence electrons. The lowest BCUT2D eigenvalue weighted by molar-refractivity contribution is 1.12. The zero-order valence-electron chi connectivity index (χ0n) is 14.2. The zero-order chi connectivity index (χ0) is 17.0. The molecule has 0 radical (unpaired) electrons. The van der Waals surface area contributed by atoms with Crippen molar-refractivity contribution < 1.29 is 0 Å². The molecule has 0 saturated carbocycles. The maximum Gasteiger partial charge on any atom is 0.169 e. The van der Waals surface area contributed by atoms with E-state index in [0.717, 1.165) is 27.9 Å². The molecule has 0 amide bonds. The summed E-state index contributed by atoms with van der Waals surface area (Å²) in [6.07, 6.45) is 0. The fraction of sp³-hybridized carbons (Fsp3) is 0.0909. The smallest absolute Gasteiger partial charge is 0.169 e. The van der Waals surface area contributed by atoms with Gasteiger partial charge in [-0.25, -0.2) is 0 Å². The van der Waals surface area contributed by atoms with Gasteiger partial charge in [0.15, 0.2) is 11.5 Å². The fourth-order valence-electron chi connectivity index (χ4n) is 3.60. The lowest BCUT2D eigenvalue weighted by Gasteiger charge is -2.11. The SMILES string of the molecule is Cc1ccc2c(c1)c1ccc(C)cc1c1nnc(-c3ccccc3)n21. The van der Waals surface area contributed by atoms with Crippen molar-refractivity contribution in [2.75, 3.05) is 0 Å². The Kier molecular flexibility index (Phi) is 2.92. The topological polar surface area (TPSA) is 30.2 Å². The molecule has 3 heteroatoms. The molecule has 0 atom stereocenters. The number of aryl methyl sites for hydroxylation is 2. The monoisotopic (exact) mass is 323 g/mol. The van der Waals surface area contributed by atoms with Gasteiger partial charge < -0.3 is 0 Å². The number of hydrogen-bond acceptors (Lipinski definition) is 2. The highest BCUT2D eigenvalue weighted by atomic mass is 15.2. The van der Waals surface area contributed by atoms with Crippen LogP contribution in [-0.2, 0) is 0 Å². The average Bonchev–Trinajstić information content (AvgIpc) is 3.08. The summed E-state index contributed by atoms with van der Waals surface area (Å²) in [5, 5.41) is 12.7. The van der Waals surface area contributed by atoms with E-state index in [0.29, 0.717) is 0 Å². The molecule has 0 aliphatic rings. The molecule has 0 aliphatic carbocycles. The minimum Gasteiger partial charge on any atom is -0.274 e. The molecular weight excluding hydrogens is 306 g/mol. The van der Waals surface area contributed by atoms with Crippen LogP contribution in [0.3, 0.4) is 0 Å². The summed E-state index contributed by atoms with van der Waals surface area (Å²) >= 11 is 0. The predicted molar refractivity (Wildman–Crippen MR) is 103 cm³/mol. The second-order valence-corrected chi connectivity index (χ2v) is 6.62. The van der Waals surface area contributed by atoms with E-state index in [9.17, 15) is 0 Å². The summed E-state index contributed by atoms with van der Waals surface area (Å²) in [6, 6.07) is 23.4. The van der Waals surface area contributed by atoms with E-state index in [1.165, 1.54) is 21.9 Å². The molecule has 0 aliphatic heterocycles. The van der Waals surface area contributed by atoms with Crippen molar-refractivity contribution in [2.45, 2.75) is 13.8 Å². The minimum atomic E-state index is 0.882. The number of benzene rings is 3. The van der Waals surface area contributed by atoms with Crippen molar-refractivity contribution in [1.29, 1.82) is 0 Å². The Balaban J connectivity index is 2.05. The summed E-state index contributed by atoms with van der Waals surface area (Å²) < 4.78 is 2.19. The van der Waals surface area contributed by atoms with E-state index >= 15 is 0 Å². The van der Waals surface area contributed by atoms with Gasteiger partial charge in [0, 0.05) is 16.3 Å². The van der Waals surface area contributed by atoms with Gasteiger partial charge in [-0.3, -0.25) is 4.40 Å². The van der Waals surface area contributed by atoms with Crippen molar-refractivity contribution in [1.82, 2.24) is 14.6 Å². The molecule has 2 aromatic heterocycles. The summed E-state index contributed by atoms with van der Waals surface area (Å²) in [7, 11) is 0. The number of nitrogens with zero attached hydrogens (tertiary/aromatic N) is 3. The third kappa shape index (κ3) is 2.06. The summed E-state index contributed by atoms with van der Waals surface area (Å²) in [5.74, 6) is 0.882. The maximum absolute atomic E-state index is 4.55. The highest BCUT2D eigenvalue weighted by molar-refractivity contribution is 6.12. The van der Waals surface area contributed by atoms with Gasteiger partial charge in [-0.05, 0) is 37.4 Å². The molecule has 0 fully saturated rings. The van der Waals surface area contributed by atoms with Crippen LogP contribution in [-0.4, -0.2) is 14.6 Å². The highest BCUT2D eigenvalue weighted by Crippen LogP contribution is 2.32. The van der Waals surface area contributed by atoms with E-state index in [2.05, 4.69) is 77.0 Å². The first-order chi connectivity index (χ1) is 12.2. The second kappa shape index (κ2) is 5.15. The number of hydrogen-bond donors (Lipinski definition) is 0. The lowest BCUT2D eigenvalue weighted by Crippen LogP contribution is -1.95. The van der Waals surface area contributed by atoms with E-state index in [1.54, 1.807) is 0 Å². The van der Waals surface area contributed by atoms with Crippen LogP contribution in [0, 0.1) is 13.8 Å². The van der Waals surface area contributed by atoms with Crippen LogP contribution in [0.2, 0.25) is 0 Å². The Labute approximate surface area is 145 Å². The van der Waals surface area contributed by atoms with Gasteiger partial charge in [0.25, 0.3) is 0 Å². The van der Waals surface area contributed by atoms with Crippen LogP contribution < -0.4 is 0 Å². The van der Waals surface area contributed by atoms with Crippen LogP contribution in [0.4, 0.5) is 0 Å². The molecule has 0 N–H and O–H groups in total. The van der Waals surface area contributed by atoms with E-state index in [1.807, 2.05) is 18.2 Å². The molecule has 5 rings (SSSR count). The fourth-order valence-corrected chi connectivity index (χ4v) is 3.60. The van der Waals surface area contributed by atoms with Gasteiger partial charge in [-0.1, -0.05) is 59.7 Å². The molecule has 2 heterocycles. The van der Waals surface area contributed by atoms with Crippen LogP contribution >= 0.6 is 0 Å². The van der Waals surface area contributed by atoms with Gasteiger partial charge in [-0.15, -0.1) is 10.2 Å². The molecule has 3 aromatic carbocycles. The van der Waals surface area contributed by atoms with Crippen LogP contribution in [0.25, 0.3) is 38.7 Å². The third-order valence-electron chi connectivity index (χ3n) is 4.79. The van der Waals surface area contributed by atoms with Crippen molar-refractivity contribution >= 4 is 27.3 Å². The highest BCUT2D eigenvalue weighted by Gasteiger charge is 2.15. The van der Waals surface area contributed by atoms with Gasteiger partial charge in [0.2, 0.25) is 0 Å². The Morgan fingerprint density at radius 2 is 1.40 bits per heavy atom. The number of rotatable bonds is 1. The minimum absolute atomic E-state index is 0.882. The number of pyridine rings is 1. The largest absolute Gasteiger partial charge is 0.274 e. The van der Waals surface area contributed by atoms with Crippen molar-refractivity contribution in [3.8, 4) is 11.4 Å². The second-order valence-electron chi connectivity index (χ2n) is 6.62. The van der Waals surface area contributed by atoms with Gasteiger partial charge >= 0.3 is 0 Å². The quantitative estimate of drug-likeness (QED) is 0.391. The lowest BCUT2D eigenvalue weighted by atomic mass is 10.0. The standard InChI is InChI=1S/C22H17N3/c1-14-8-10-17-18-12-15(2)9-11-20(18)25-21(16-6-4-3-5-7-16)23-24-22(25)19(17)13-14/h3-13H,1-2H3. The Morgan fingerprint density at radius 1 is 0.680 bits per heavy atom. The van der Waals surface area contributed by atoms with E-state index in [-0.39, 0.29) is 0 Å². The predicted octanol–water partition coefficient (Wildman–Crippen LogP) is 5.32. The van der Waals surface area contributed by atoms with E-state index < -0.39 is 0 Å². The molecule has 0 bridgehead atoms. The first kappa shape index (κ1) is 14.2. The third-order valence-corrected chi connectivity index (χ3v) is 4.79. The van der Waals surface area contributed by atoms with Gasteiger partial charge in [0.05, 0.1) is 5.52 Å². The Hall–Kier alpha value is -3.20. The first-order valence-corrected chi connectivity index (χ1v) is 8.45. The zero-order valence-corrected chi connectivity index (χ0v) is 14.2. The normalized spacial score (nSPS) is 11.6. The van der Waals surface area contributed by atoms with Crippen LogP contribution in [0.5, 0.6) is 0 Å². The van der Waals surface area contributed by atoms with Crippen LogP contribution in [0.1, 0.15) is 11.1 Å². The number of aromatic nitrogens is 3. The molecule has 0 spiro atoms. The summed E-state index contributed by atoms with van der Waals surface area (Å²) in [5.41, 5.74) is 5.60. The van der Waals surface area contributed by atoms with Gasteiger partial charge in [0.1, 0.15) is 0 Å². The first-order valence-electron chi connectivity index (χ1n) is 8.45. The van der Waals surface area contributed by atoms with Crippen molar-refractivity contribution in [2.24, 2.45) is 0 Å².